The van der Waals surface area contributed by atoms with E-state index in [1.807, 2.05) is 12.1 Å². The van der Waals surface area contributed by atoms with Gasteiger partial charge in [0.25, 0.3) is 5.56 Å². The maximum Gasteiger partial charge on any atom is 0.270 e. The molecule has 26 heavy (non-hydrogen) atoms. The molecule has 1 aromatic heterocycles. The zero-order valence-electron chi connectivity index (χ0n) is 13.5. The molecule has 3 aromatic rings. The third kappa shape index (κ3) is 4.47. The number of para-hydroxylation sites is 2. The number of aryl methyl sites for hydroxylation is 1. The van der Waals surface area contributed by atoms with Crippen molar-refractivity contribution in [3.63, 3.8) is 0 Å². The summed E-state index contributed by atoms with van der Waals surface area (Å²) in [4.78, 5) is 31.0. The van der Waals surface area contributed by atoms with Crippen molar-refractivity contribution in [3.05, 3.63) is 74.1 Å². The number of rotatable bonds is 5. The summed E-state index contributed by atoms with van der Waals surface area (Å²) in [6.45, 7) is 0. The van der Waals surface area contributed by atoms with Crippen molar-refractivity contribution in [2.75, 3.05) is 0 Å². The lowest BCUT2D eigenvalue weighted by Crippen LogP contribution is -2.21. The molecular weight excluding hydrogens is 375 g/mol. The minimum absolute atomic E-state index is 0.0834. The van der Waals surface area contributed by atoms with E-state index in [0.717, 1.165) is 0 Å². The van der Waals surface area contributed by atoms with Gasteiger partial charge in [0.15, 0.2) is 0 Å². The van der Waals surface area contributed by atoms with Crippen LogP contribution in [0.15, 0.2) is 52.4 Å². The third-order valence-corrected chi connectivity index (χ3v) is 4.18. The summed E-state index contributed by atoms with van der Waals surface area (Å²) in [6, 6.07) is 12.2. The number of aromatic nitrogens is 2. The lowest BCUT2D eigenvalue weighted by Gasteiger charge is -2.02. The van der Waals surface area contributed by atoms with Crippen LogP contribution in [0.5, 0.6) is 0 Å². The van der Waals surface area contributed by atoms with Gasteiger partial charge in [0.1, 0.15) is 5.69 Å². The monoisotopic (exact) mass is 388 g/mol. The molecular formula is C18H14Cl2N4O2. The highest BCUT2D eigenvalue weighted by Gasteiger charge is 2.08. The van der Waals surface area contributed by atoms with Crippen molar-refractivity contribution >= 4 is 46.4 Å². The van der Waals surface area contributed by atoms with Gasteiger partial charge in [-0.25, -0.2) is 10.4 Å². The van der Waals surface area contributed by atoms with Crippen LogP contribution in [0.25, 0.3) is 11.0 Å². The van der Waals surface area contributed by atoms with Crippen molar-refractivity contribution in [3.8, 4) is 0 Å². The van der Waals surface area contributed by atoms with Crippen LogP contribution in [0.3, 0.4) is 0 Å². The minimum atomic E-state index is -0.333. The topological polar surface area (TPSA) is 87.2 Å². The van der Waals surface area contributed by atoms with Gasteiger partial charge in [0.05, 0.1) is 22.3 Å². The summed E-state index contributed by atoms with van der Waals surface area (Å²) in [5, 5.41) is 4.81. The summed E-state index contributed by atoms with van der Waals surface area (Å²) in [7, 11) is 0. The number of nitrogens with one attached hydrogen (secondary N) is 2. The van der Waals surface area contributed by atoms with E-state index in [1.54, 1.807) is 30.3 Å². The van der Waals surface area contributed by atoms with Crippen molar-refractivity contribution in [2.24, 2.45) is 5.10 Å². The molecule has 0 saturated carbocycles. The van der Waals surface area contributed by atoms with Crippen LogP contribution in [0.2, 0.25) is 10.0 Å². The van der Waals surface area contributed by atoms with Crippen LogP contribution in [-0.2, 0) is 11.2 Å². The second-order valence-corrected chi connectivity index (χ2v) is 6.33. The largest absolute Gasteiger partial charge is 0.319 e. The Kier molecular flexibility index (Phi) is 5.65. The van der Waals surface area contributed by atoms with Crippen LogP contribution in [-0.4, -0.2) is 22.1 Å². The fraction of sp³-hybridized carbons (Fsp3) is 0.111. The second-order valence-electron chi connectivity index (χ2n) is 5.49. The number of aromatic amines is 1. The van der Waals surface area contributed by atoms with Crippen LogP contribution >= 0.6 is 23.2 Å². The SMILES string of the molecule is O=C(CCc1nc2ccccc2[nH]c1=O)N/N=C\c1ccc(Cl)cc1Cl. The van der Waals surface area contributed by atoms with E-state index in [0.29, 0.717) is 32.3 Å². The molecule has 6 nitrogen and oxygen atoms in total. The number of fused-ring (bicyclic) bond motifs is 1. The Balaban J connectivity index is 1.60. The highest BCUT2D eigenvalue weighted by molar-refractivity contribution is 6.36. The number of hydrogen-bond acceptors (Lipinski definition) is 4. The Bertz CT molecular complexity index is 1050. The number of hydrogen-bond donors (Lipinski definition) is 2. The van der Waals surface area contributed by atoms with E-state index in [9.17, 15) is 9.59 Å². The van der Waals surface area contributed by atoms with Crippen LogP contribution < -0.4 is 11.0 Å². The Morgan fingerprint density at radius 3 is 2.85 bits per heavy atom. The molecule has 1 heterocycles. The molecule has 0 unspecified atom stereocenters. The van der Waals surface area contributed by atoms with Gasteiger partial charge in [-0.2, -0.15) is 5.10 Å². The van der Waals surface area contributed by atoms with Crippen molar-refractivity contribution in [1.82, 2.24) is 15.4 Å². The number of hydrazone groups is 1. The quantitative estimate of drug-likeness (QED) is 0.519. The molecule has 0 radical (unpaired) electrons. The minimum Gasteiger partial charge on any atom is -0.319 e. The molecule has 2 aromatic carbocycles. The molecule has 0 spiro atoms. The third-order valence-electron chi connectivity index (χ3n) is 3.61. The van der Waals surface area contributed by atoms with E-state index in [-0.39, 0.29) is 24.3 Å². The first-order valence-electron chi connectivity index (χ1n) is 7.78. The number of nitrogens with zero attached hydrogens (tertiary/aromatic N) is 2. The fourth-order valence-electron chi connectivity index (χ4n) is 2.30. The first-order valence-corrected chi connectivity index (χ1v) is 8.53. The molecule has 0 saturated heterocycles. The number of H-pyrrole nitrogens is 1. The second kappa shape index (κ2) is 8.12. The number of carbonyl (C=O) groups is 1. The Labute approximate surface area is 158 Å². The lowest BCUT2D eigenvalue weighted by molar-refractivity contribution is -0.121. The average molecular weight is 389 g/mol. The summed E-state index contributed by atoms with van der Waals surface area (Å²) < 4.78 is 0. The average Bonchev–Trinajstić information content (AvgIpc) is 2.61. The Morgan fingerprint density at radius 2 is 2.04 bits per heavy atom. The maximum absolute atomic E-state index is 12.0. The zero-order chi connectivity index (χ0) is 18.5. The van der Waals surface area contributed by atoms with Gasteiger partial charge in [-0.15, -0.1) is 0 Å². The molecule has 3 rings (SSSR count). The van der Waals surface area contributed by atoms with Crippen molar-refractivity contribution in [1.29, 1.82) is 0 Å². The van der Waals surface area contributed by atoms with E-state index in [4.69, 9.17) is 23.2 Å². The van der Waals surface area contributed by atoms with Crippen LogP contribution in [0.4, 0.5) is 0 Å². The molecule has 8 heteroatoms. The van der Waals surface area contributed by atoms with E-state index >= 15 is 0 Å². The summed E-state index contributed by atoms with van der Waals surface area (Å²) >= 11 is 11.8. The lowest BCUT2D eigenvalue weighted by atomic mass is 10.2. The first-order chi connectivity index (χ1) is 12.5. The molecule has 132 valence electrons. The highest BCUT2D eigenvalue weighted by atomic mass is 35.5. The number of benzene rings is 2. The smallest absolute Gasteiger partial charge is 0.270 e. The predicted octanol–water partition coefficient (Wildman–Crippen LogP) is 3.31. The normalized spacial score (nSPS) is 11.2. The predicted molar refractivity (Wildman–Crippen MR) is 103 cm³/mol. The highest BCUT2D eigenvalue weighted by Crippen LogP contribution is 2.19. The zero-order valence-corrected chi connectivity index (χ0v) is 15.0. The number of carbonyl (C=O) groups excluding carboxylic acids is 1. The first kappa shape index (κ1) is 18.1. The molecule has 1 amide bonds. The Hall–Kier alpha value is -2.70. The molecule has 0 atom stereocenters. The molecule has 0 aliphatic heterocycles. The van der Waals surface area contributed by atoms with Gasteiger partial charge < -0.3 is 4.98 Å². The van der Waals surface area contributed by atoms with Gasteiger partial charge >= 0.3 is 0 Å². The number of amides is 1. The molecule has 0 aliphatic carbocycles. The van der Waals surface area contributed by atoms with E-state index < -0.39 is 0 Å². The summed E-state index contributed by atoms with van der Waals surface area (Å²) in [5.74, 6) is -0.333. The van der Waals surface area contributed by atoms with Gasteiger partial charge in [-0.1, -0.05) is 41.4 Å². The fourth-order valence-corrected chi connectivity index (χ4v) is 2.76. The molecule has 2 N–H and O–H groups in total. The maximum atomic E-state index is 12.0. The van der Waals surface area contributed by atoms with Gasteiger partial charge in [0, 0.05) is 23.4 Å². The van der Waals surface area contributed by atoms with Crippen molar-refractivity contribution < 1.29 is 4.79 Å². The van der Waals surface area contributed by atoms with E-state index in [1.165, 1.54) is 6.21 Å². The van der Waals surface area contributed by atoms with Crippen LogP contribution in [0, 0.1) is 0 Å². The van der Waals surface area contributed by atoms with Gasteiger partial charge in [-0.05, 0) is 24.3 Å². The van der Waals surface area contributed by atoms with Gasteiger partial charge in [-0.3, -0.25) is 9.59 Å². The number of halogens is 2. The van der Waals surface area contributed by atoms with Crippen molar-refractivity contribution in [2.45, 2.75) is 12.8 Å². The molecule has 0 bridgehead atoms. The molecule has 0 fully saturated rings. The standard InChI is InChI=1S/C18H14Cl2N4O2/c19-12-6-5-11(13(20)9-12)10-21-24-17(25)8-7-16-18(26)23-15-4-2-1-3-14(15)22-16/h1-6,9-10H,7-8H2,(H,23,26)(H,24,25)/b21-10-. The van der Waals surface area contributed by atoms with Crippen LogP contribution in [0.1, 0.15) is 17.7 Å². The molecule has 0 aliphatic rings. The van der Waals surface area contributed by atoms with E-state index in [2.05, 4.69) is 20.5 Å². The van der Waals surface area contributed by atoms with Gasteiger partial charge in [0.2, 0.25) is 5.91 Å². The summed E-state index contributed by atoms with van der Waals surface area (Å²) in [6.07, 6.45) is 1.72. The summed E-state index contributed by atoms with van der Waals surface area (Å²) in [5.41, 5.74) is 4.38. The Morgan fingerprint density at radius 1 is 1.23 bits per heavy atom.